The van der Waals surface area contributed by atoms with E-state index in [1.165, 1.54) is 16.7 Å². The molecule has 1 heteroatoms. The third-order valence-corrected chi connectivity index (χ3v) is 2.95. The molecule has 0 bridgehead atoms. The molecule has 0 spiro atoms. The summed E-state index contributed by atoms with van der Waals surface area (Å²) in [7, 11) is 0. The van der Waals surface area contributed by atoms with Crippen LogP contribution in [0, 0.1) is 20.8 Å². The lowest BCUT2D eigenvalue weighted by Crippen LogP contribution is -2.00. The van der Waals surface area contributed by atoms with Crippen LogP contribution in [-0.4, -0.2) is 5.11 Å². The highest BCUT2D eigenvalue weighted by Crippen LogP contribution is 2.24. The van der Waals surface area contributed by atoms with Gasteiger partial charge >= 0.3 is 0 Å². The van der Waals surface area contributed by atoms with Crippen LogP contribution >= 0.6 is 0 Å². The standard InChI is InChI=1S/C16H18O/c1-11-4-6-14(7-5-11)16(17)15-9-12(2)8-13(3)10-15/h4-10,16-17H,1-3H3/t16-/m1/s1. The van der Waals surface area contributed by atoms with Gasteiger partial charge in [-0.1, -0.05) is 59.2 Å². The summed E-state index contributed by atoms with van der Waals surface area (Å²) in [4.78, 5) is 0. The highest BCUT2D eigenvalue weighted by Gasteiger charge is 2.10. The minimum Gasteiger partial charge on any atom is -0.384 e. The Kier molecular flexibility index (Phi) is 3.30. The van der Waals surface area contributed by atoms with Crippen LogP contribution in [-0.2, 0) is 0 Å². The van der Waals surface area contributed by atoms with Gasteiger partial charge < -0.3 is 5.11 Å². The molecule has 1 atom stereocenters. The summed E-state index contributed by atoms with van der Waals surface area (Å²) in [5, 5.41) is 10.3. The zero-order valence-electron chi connectivity index (χ0n) is 10.6. The molecule has 0 saturated heterocycles. The molecule has 1 N–H and O–H groups in total. The zero-order chi connectivity index (χ0) is 12.4. The van der Waals surface area contributed by atoms with Crippen LogP contribution in [0.3, 0.4) is 0 Å². The lowest BCUT2D eigenvalue weighted by atomic mass is 9.97. The lowest BCUT2D eigenvalue weighted by Gasteiger charge is -2.13. The second kappa shape index (κ2) is 4.72. The average Bonchev–Trinajstić information content (AvgIpc) is 2.28. The van der Waals surface area contributed by atoms with E-state index in [4.69, 9.17) is 0 Å². The number of hydrogen-bond donors (Lipinski definition) is 1. The van der Waals surface area contributed by atoms with Crippen molar-refractivity contribution in [3.8, 4) is 0 Å². The van der Waals surface area contributed by atoms with Gasteiger partial charge in [0.2, 0.25) is 0 Å². The Morgan fingerprint density at radius 3 is 1.76 bits per heavy atom. The molecule has 17 heavy (non-hydrogen) atoms. The monoisotopic (exact) mass is 226 g/mol. The van der Waals surface area contributed by atoms with Crippen molar-refractivity contribution in [2.24, 2.45) is 0 Å². The van der Waals surface area contributed by atoms with Crippen molar-refractivity contribution >= 4 is 0 Å². The van der Waals surface area contributed by atoms with Crippen LogP contribution in [0.1, 0.15) is 33.9 Å². The molecule has 1 nitrogen and oxygen atoms in total. The van der Waals surface area contributed by atoms with E-state index in [9.17, 15) is 5.11 Å². The third kappa shape index (κ3) is 2.75. The van der Waals surface area contributed by atoms with Gasteiger partial charge in [0.05, 0.1) is 0 Å². The Bertz CT molecular complexity index is 491. The molecule has 2 aromatic carbocycles. The fourth-order valence-corrected chi connectivity index (χ4v) is 2.11. The van der Waals surface area contributed by atoms with E-state index in [-0.39, 0.29) is 0 Å². The molecule has 88 valence electrons. The van der Waals surface area contributed by atoms with E-state index in [0.717, 1.165) is 11.1 Å². The Labute approximate surface area is 103 Å². The summed E-state index contributed by atoms with van der Waals surface area (Å²) in [6.45, 7) is 6.16. The number of aryl methyl sites for hydroxylation is 3. The van der Waals surface area contributed by atoms with Gasteiger partial charge in [-0.3, -0.25) is 0 Å². The van der Waals surface area contributed by atoms with E-state index in [1.54, 1.807) is 0 Å². The number of aliphatic hydroxyl groups excluding tert-OH is 1. The van der Waals surface area contributed by atoms with Gasteiger partial charge in [-0.25, -0.2) is 0 Å². The molecule has 0 aliphatic carbocycles. The zero-order valence-corrected chi connectivity index (χ0v) is 10.6. The summed E-state index contributed by atoms with van der Waals surface area (Å²) in [6.07, 6.45) is -0.533. The fourth-order valence-electron chi connectivity index (χ4n) is 2.11. The maximum absolute atomic E-state index is 10.3. The quantitative estimate of drug-likeness (QED) is 0.828. The maximum Gasteiger partial charge on any atom is 0.104 e. The SMILES string of the molecule is Cc1ccc([C@@H](O)c2cc(C)cc(C)c2)cc1. The number of aliphatic hydroxyl groups is 1. The molecule has 0 heterocycles. The van der Waals surface area contributed by atoms with Crippen molar-refractivity contribution in [3.63, 3.8) is 0 Å². The van der Waals surface area contributed by atoms with Gasteiger partial charge in [0.15, 0.2) is 0 Å². The van der Waals surface area contributed by atoms with Crippen LogP contribution in [0.25, 0.3) is 0 Å². The average molecular weight is 226 g/mol. The van der Waals surface area contributed by atoms with Crippen LogP contribution < -0.4 is 0 Å². The first kappa shape index (κ1) is 11.9. The highest BCUT2D eigenvalue weighted by molar-refractivity contribution is 5.36. The third-order valence-electron chi connectivity index (χ3n) is 2.95. The molecule has 0 aromatic heterocycles. The Morgan fingerprint density at radius 1 is 0.706 bits per heavy atom. The van der Waals surface area contributed by atoms with Crippen LogP contribution in [0.5, 0.6) is 0 Å². The molecule has 0 radical (unpaired) electrons. The van der Waals surface area contributed by atoms with E-state index < -0.39 is 6.10 Å². The van der Waals surface area contributed by atoms with Crippen LogP contribution in [0.4, 0.5) is 0 Å². The molecule has 0 fully saturated rings. The number of hydrogen-bond acceptors (Lipinski definition) is 1. The molecule has 0 amide bonds. The summed E-state index contributed by atoms with van der Waals surface area (Å²) in [5.41, 5.74) is 5.49. The first-order valence-electron chi connectivity index (χ1n) is 5.89. The first-order valence-corrected chi connectivity index (χ1v) is 5.89. The second-order valence-electron chi connectivity index (χ2n) is 4.73. The summed E-state index contributed by atoms with van der Waals surface area (Å²) in [5.74, 6) is 0. The minimum atomic E-state index is -0.533. The Hall–Kier alpha value is -1.60. The molecule has 2 rings (SSSR count). The van der Waals surface area contributed by atoms with Crippen LogP contribution in [0.15, 0.2) is 42.5 Å². The van der Waals surface area contributed by atoms with Gasteiger partial charge in [0.1, 0.15) is 6.10 Å². The van der Waals surface area contributed by atoms with Crippen molar-refractivity contribution in [2.75, 3.05) is 0 Å². The Morgan fingerprint density at radius 2 is 1.24 bits per heavy atom. The summed E-state index contributed by atoms with van der Waals surface area (Å²) < 4.78 is 0. The predicted octanol–water partition coefficient (Wildman–Crippen LogP) is 3.69. The second-order valence-corrected chi connectivity index (χ2v) is 4.73. The highest BCUT2D eigenvalue weighted by atomic mass is 16.3. The van der Waals surface area contributed by atoms with E-state index in [0.29, 0.717) is 0 Å². The van der Waals surface area contributed by atoms with Crippen LogP contribution in [0.2, 0.25) is 0 Å². The van der Waals surface area contributed by atoms with Gasteiger partial charge in [0, 0.05) is 0 Å². The van der Waals surface area contributed by atoms with Crippen molar-refractivity contribution in [2.45, 2.75) is 26.9 Å². The van der Waals surface area contributed by atoms with Crippen molar-refractivity contribution in [1.82, 2.24) is 0 Å². The molecule has 0 saturated carbocycles. The van der Waals surface area contributed by atoms with Crippen molar-refractivity contribution in [1.29, 1.82) is 0 Å². The molecule has 0 unspecified atom stereocenters. The summed E-state index contributed by atoms with van der Waals surface area (Å²) >= 11 is 0. The van der Waals surface area contributed by atoms with Gasteiger partial charge in [-0.2, -0.15) is 0 Å². The topological polar surface area (TPSA) is 20.2 Å². The van der Waals surface area contributed by atoms with Crippen molar-refractivity contribution in [3.05, 3.63) is 70.3 Å². The fraction of sp³-hybridized carbons (Fsp3) is 0.250. The lowest BCUT2D eigenvalue weighted by molar-refractivity contribution is 0.220. The Balaban J connectivity index is 2.36. The largest absolute Gasteiger partial charge is 0.384 e. The molecular formula is C16H18O. The molecule has 0 aliphatic rings. The smallest absolute Gasteiger partial charge is 0.104 e. The van der Waals surface area contributed by atoms with E-state index in [2.05, 4.69) is 19.9 Å². The molecule has 0 aliphatic heterocycles. The predicted molar refractivity (Wildman–Crippen MR) is 71.2 cm³/mol. The number of benzene rings is 2. The summed E-state index contributed by atoms with van der Waals surface area (Å²) in [6, 6.07) is 14.2. The maximum atomic E-state index is 10.3. The van der Waals surface area contributed by atoms with E-state index >= 15 is 0 Å². The van der Waals surface area contributed by atoms with Gasteiger partial charge in [-0.05, 0) is 31.9 Å². The number of rotatable bonds is 2. The molecular weight excluding hydrogens is 208 g/mol. The van der Waals surface area contributed by atoms with Gasteiger partial charge in [-0.15, -0.1) is 0 Å². The normalized spacial score (nSPS) is 12.5. The van der Waals surface area contributed by atoms with E-state index in [1.807, 2.05) is 43.3 Å². The van der Waals surface area contributed by atoms with Crippen molar-refractivity contribution < 1.29 is 5.11 Å². The molecule has 2 aromatic rings. The minimum absolute atomic E-state index is 0.533. The van der Waals surface area contributed by atoms with Gasteiger partial charge in [0.25, 0.3) is 0 Å². The first-order chi connectivity index (χ1) is 8.06.